The quantitative estimate of drug-likeness (QED) is 0.602. The first-order chi connectivity index (χ1) is 8.42. The van der Waals surface area contributed by atoms with E-state index in [0.717, 1.165) is 5.92 Å². The van der Waals surface area contributed by atoms with Crippen molar-refractivity contribution >= 4 is 0 Å². The number of unbranched alkanes of at least 4 members (excludes halogenated alkanes) is 1. The second-order valence-electron chi connectivity index (χ2n) is 5.49. The third kappa shape index (κ3) is 3.59. The average molecular weight is 230 g/mol. The van der Waals surface area contributed by atoms with Crippen LogP contribution in [0.1, 0.15) is 75.3 Å². The fourth-order valence-electron chi connectivity index (χ4n) is 3.12. The Balaban J connectivity index is 2.11. The van der Waals surface area contributed by atoms with Crippen LogP contribution in [0.15, 0.2) is 24.3 Å². The van der Waals surface area contributed by atoms with Crippen LogP contribution in [0.3, 0.4) is 0 Å². The molecule has 1 fully saturated rings. The fraction of sp³-hybridized carbons (Fsp3) is 0.647. The predicted molar refractivity (Wildman–Crippen MR) is 75.5 cm³/mol. The second kappa shape index (κ2) is 6.83. The van der Waals surface area contributed by atoms with Crippen LogP contribution < -0.4 is 0 Å². The Morgan fingerprint density at radius 3 is 2.41 bits per heavy atom. The molecule has 0 bridgehead atoms. The molecule has 0 N–H and O–H groups in total. The highest BCUT2D eigenvalue weighted by Crippen LogP contribution is 2.33. The van der Waals surface area contributed by atoms with Gasteiger partial charge in [-0.25, -0.2) is 0 Å². The van der Waals surface area contributed by atoms with Gasteiger partial charge in [0.25, 0.3) is 0 Å². The fourth-order valence-corrected chi connectivity index (χ4v) is 3.12. The summed E-state index contributed by atoms with van der Waals surface area (Å²) >= 11 is 0. The summed E-state index contributed by atoms with van der Waals surface area (Å²) < 4.78 is 0. The van der Waals surface area contributed by atoms with Gasteiger partial charge in [0, 0.05) is 0 Å². The van der Waals surface area contributed by atoms with E-state index in [9.17, 15) is 0 Å². The molecule has 0 atom stereocenters. The maximum atomic E-state index is 2.39. The van der Waals surface area contributed by atoms with Crippen molar-refractivity contribution in [2.45, 2.75) is 70.6 Å². The van der Waals surface area contributed by atoms with Crippen molar-refractivity contribution in [1.29, 1.82) is 0 Å². The molecular formula is C17H26. The molecular weight excluding hydrogens is 204 g/mol. The van der Waals surface area contributed by atoms with E-state index >= 15 is 0 Å². The van der Waals surface area contributed by atoms with Crippen LogP contribution in [0.25, 0.3) is 0 Å². The van der Waals surface area contributed by atoms with E-state index < -0.39 is 0 Å². The summed E-state index contributed by atoms with van der Waals surface area (Å²) in [6.45, 7) is 2.29. The van der Waals surface area contributed by atoms with Crippen LogP contribution in [0.2, 0.25) is 0 Å². The van der Waals surface area contributed by atoms with Gasteiger partial charge in [0.05, 0.1) is 0 Å². The van der Waals surface area contributed by atoms with Crippen LogP contribution in [-0.2, 0) is 6.42 Å². The molecule has 0 heterocycles. The molecule has 94 valence electrons. The maximum absolute atomic E-state index is 2.39. The van der Waals surface area contributed by atoms with Crippen molar-refractivity contribution < 1.29 is 0 Å². The third-order valence-electron chi connectivity index (χ3n) is 4.15. The topological polar surface area (TPSA) is 0 Å². The molecule has 1 aliphatic carbocycles. The number of benzene rings is 1. The molecule has 0 heteroatoms. The molecule has 2 rings (SSSR count). The lowest BCUT2D eigenvalue weighted by atomic mass is 9.87. The normalized spacial score (nSPS) is 17.9. The average Bonchev–Trinajstić information content (AvgIpc) is 2.65. The van der Waals surface area contributed by atoms with Gasteiger partial charge in [-0.2, -0.15) is 0 Å². The predicted octanol–water partition coefficient (Wildman–Crippen LogP) is 5.47. The zero-order valence-corrected chi connectivity index (χ0v) is 11.3. The van der Waals surface area contributed by atoms with E-state index in [-0.39, 0.29) is 0 Å². The van der Waals surface area contributed by atoms with Crippen LogP contribution in [0.5, 0.6) is 0 Å². The van der Waals surface area contributed by atoms with Gasteiger partial charge in [0.15, 0.2) is 0 Å². The van der Waals surface area contributed by atoms with Crippen molar-refractivity contribution in [2.24, 2.45) is 0 Å². The summed E-state index contributed by atoms with van der Waals surface area (Å²) in [5, 5.41) is 0. The summed E-state index contributed by atoms with van der Waals surface area (Å²) in [6.07, 6.45) is 12.5. The Bertz CT molecular complexity index is 319. The van der Waals surface area contributed by atoms with Crippen molar-refractivity contribution in [3.63, 3.8) is 0 Å². The van der Waals surface area contributed by atoms with Gasteiger partial charge < -0.3 is 0 Å². The standard InChI is InChI=1S/C17H26/c1-2-3-10-15-13-8-9-14-17(15)16-11-6-4-5-7-12-16/h8-9,13-14,16H,2-7,10-12H2,1H3. The third-order valence-corrected chi connectivity index (χ3v) is 4.15. The van der Waals surface area contributed by atoms with Gasteiger partial charge in [0.2, 0.25) is 0 Å². The lowest BCUT2D eigenvalue weighted by Crippen LogP contribution is -2.02. The number of hydrogen-bond donors (Lipinski definition) is 0. The number of rotatable bonds is 4. The minimum Gasteiger partial charge on any atom is -0.0654 e. The van der Waals surface area contributed by atoms with Gasteiger partial charge in [-0.05, 0) is 42.7 Å². The van der Waals surface area contributed by atoms with Gasteiger partial charge >= 0.3 is 0 Å². The largest absolute Gasteiger partial charge is 0.0654 e. The second-order valence-corrected chi connectivity index (χ2v) is 5.49. The summed E-state index contributed by atoms with van der Waals surface area (Å²) in [6, 6.07) is 9.19. The molecule has 1 aromatic rings. The molecule has 0 unspecified atom stereocenters. The molecule has 0 nitrogen and oxygen atoms in total. The Morgan fingerprint density at radius 2 is 1.71 bits per heavy atom. The summed E-state index contributed by atoms with van der Waals surface area (Å²) in [5.41, 5.74) is 3.30. The molecule has 1 aromatic carbocycles. The maximum Gasteiger partial charge on any atom is -0.0159 e. The first-order valence-corrected chi connectivity index (χ1v) is 7.49. The van der Waals surface area contributed by atoms with Crippen LogP contribution >= 0.6 is 0 Å². The Hall–Kier alpha value is -0.780. The zero-order chi connectivity index (χ0) is 11.9. The van der Waals surface area contributed by atoms with Crippen molar-refractivity contribution in [2.75, 3.05) is 0 Å². The van der Waals surface area contributed by atoms with E-state index in [1.54, 1.807) is 11.1 Å². The Kier molecular flexibility index (Phi) is 5.09. The zero-order valence-electron chi connectivity index (χ0n) is 11.3. The Labute approximate surface area is 106 Å². The molecule has 0 spiro atoms. The molecule has 17 heavy (non-hydrogen) atoms. The van der Waals surface area contributed by atoms with E-state index in [1.165, 1.54) is 57.8 Å². The smallest absolute Gasteiger partial charge is 0.0159 e. The van der Waals surface area contributed by atoms with E-state index in [4.69, 9.17) is 0 Å². The monoisotopic (exact) mass is 230 g/mol. The first kappa shape index (κ1) is 12.7. The summed E-state index contributed by atoms with van der Waals surface area (Å²) in [5.74, 6) is 0.852. The van der Waals surface area contributed by atoms with Crippen molar-refractivity contribution in [3.05, 3.63) is 35.4 Å². The number of hydrogen-bond acceptors (Lipinski definition) is 0. The highest BCUT2D eigenvalue weighted by atomic mass is 14.2. The van der Waals surface area contributed by atoms with Crippen molar-refractivity contribution in [1.82, 2.24) is 0 Å². The molecule has 0 radical (unpaired) electrons. The molecule has 1 aliphatic rings. The van der Waals surface area contributed by atoms with E-state index in [1.807, 2.05) is 0 Å². The minimum atomic E-state index is 0.852. The summed E-state index contributed by atoms with van der Waals surface area (Å²) in [4.78, 5) is 0. The lowest BCUT2D eigenvalue weighted by molar-refractivity contribution is 0.585. The van der Waals surface area contributed by atoms with Crippen LogP contribution in [0, 0.1) is 0 Å². The molecule has 0 aromatic heterocycles. The number of aryl methyl sites for hydroxylation is 1. The summed E-state index contributed by atoms with van der Waals surface area (Å²) in [7, 11) is 0. The lowest BCUT2D eigenvalue weighted by Gasteiger charge is -2.18. The highest BCUT2D eigenvalue weighted by Gasteiger charge is 2.16. The van der Waals surface area contributed by atoms with Crippen LogP contribution in [0.4, 0.5) is 0 Å². The SMILES string of the molecule is CCCCc1ccccc1C1CCCCCC1. The van der Waals surface area contributed by atoms with Crippen LogP contribution in [-0.4, -0.2) is 0 Å². The Morgan fingerprint density at radius 1 is 1.00 bits per heavy atom. The van der Waals surface area contributed by atoms with Crippen molar-refractivity contribution in [3.8, 4) is 0 Å². The highest BCUT2D eigenvalue weighted by molar-refractivity contribution is 5.30. The van der Waals surface area contributed by atoms with E-state index in [2.05, 4.69) is 31.2 Å². The molecule has 0 aliphatic heterocycles. The molecule has 1 saturated carbocycles. The van der Waals surface area contributed by atoms with Gasteiger partial charge in [0.1, 0.15) is 0 Å². The molecule has 0 saturated heterocycles. The van der Waals surface area contributed by atoms with E-state index in [0.29, 0.717) is 0 Å². The van der Waals surface area contributed by atoms with Gasteiger partial charge in [-0.15, -0.1) is 0 Å². The van der Waals surface area contributed by atoms with Gasteiger partial charge in [-0.1, -0.05) is 63.3 Å². The first-order valence-electron chi connectivity index (χ1n) is 7.49. The van der Waals surface area contributed by atoms with Gasteiger partial charge in [-0.3, -0.25) is 0 Å². The molecule has 0 amide bonds. The minimum absolute atomic E-state index is 0.852.